The summed E-state index contributed by atoms with van der Waals surface area (Å²) in [5.41, 5.74) is -0.363. The van der Waals surface area contributed by atoms with Crippen molar-refractivity contribution >= 4 is 31.5 Å². The fourth-order valence-electron chi connectivity index (χ4n) is 6.34. The lowest BCUT2D eigenvalue weighted by Gasteiger charge is -2.36. The van der Waals surface area contributed by atoms with Gasteiger partial charge in [-0.3, -0.25) is 9.13 Å². The summed E-state index contributed by atoms with van der Waals surface area (Å²) in [7, 11) is -9.22. The third kappa shape index (κ3) is 7.37. The number of fused-ring (bicyclic) bond motifs is 1. The quantitative estimate of drug-likeness (QED) is 0.107. The van der Waals surface area contributed by atoms with Gasteiger partial charge in [-0.15, -0.1) is 5.10 Å². The van der Waals surface area contributed by atoms with E-state index < -0.39 is 32.0 Å². The molecule has 2 N–H and O–H groups in total. The maximum absolute atomic E-state index is 14.6. The van der Waals surface area contributed by atoms with Crippen molar-refractivity contribution in [2.24, 2.45) is 0 Å². The zero-order valence-electron chi connectivity index (χ0n) is 28.0. The average molecular weight is 732 g/mol. The minimum atomic E-state index is -5.73. The third-order valence-electron chi connectivity index (χ3n) is 8.78. The number of nitrogens with zero attached hydrogens (tertiary/aromatic N) is 3. The summed E-state index contributed by atoms with van der Waals surface area (Å²) >= 11 is 0. The molecule has 264 valence electrons. The molecule has 0 aliphatic heterocycles. The number of para-hydroxylation sites is 1. The van der Waals surface area contributed by atoms with E-state index in [-0.39, 0.29) is 19.6 Å². The van der Waals surface area contributed by atoms with E-state index >= 15 is 0 Å². The molecule has 1 heterocycles. The van der Waals surface area contributed by atoms with E-state index in [9.17, 15) is 27.7 Å². The lowest BCUT2D eigenvalue weighted by Crippen LogP contribution is -2.40. The Morgan fingerprint density at radius 2 is 1.27 bits per heavy atom. The van der Waals surface area contributed by atoms with Crippen LogP contribution in [0, 0.1) is 0 Å². The van der Waals surface area contributed by atoms with Crippen molar-refractivity contribution in [1.29, 1.82) is 0 Å². The highest BCUT2D eigenvalue weighted by Gasteiger charge is 2.50. The van der Waals surface area contributed by atoms with E-state index in [0.29, 0.717) is 22.8 Å². The van der Waals surface area contributed by atoms with Gasteiger partial charge in [0, 0.05) is 18.4 Å². The van der Waals surface area contributed by atoms with E-state index in [2.05, 4.69) is 10.3 Å². The summed E-state index contributed by atoms with van der Waals surface area (Å²) in [6.07, 6.45) is 0.690. The van der Waals surface area contributed by atoms with Crippen LogP contribution in [0.1, 0.15) is 36.1 Å². The van der Waals surface area contributed by atoms with Crippen LogP contribution in [0.3, 0.4) is 0 Å². The molecule has 13 heteroatoms. The molecule has 0 bridgehead atoms. The van der Waals surface area contributed by atoms with Crippen LogP contribution in [0.2, 0.25) is 0 Å². The predicted molar refractivity (Wildman–Crippen MR) is 193 cm³/mol. The first-order chi connectivity index (χ1) is 24.4. The van der Waals surface area contributed by atoms with Crippen molar-refractivity contribution in [1.82, 2.24) is 15.0 Å². The molecule has 0 spiro atoms. The number of aromatic nitrogens is 3. The Kier molecular flexibility index (Phi) is 10.5. The molecule has 9 nitrogen and oxygen atoms in total. The van der Waals surface area contributed by atoms with Crippen molar-refractivity contribution in [2.75, 3.05) is 13.2 Å². The molecule has 0 amide bonds. The van der Waals surface area contributed by atoms with Gasteiger partial charge < -0.3 is 18.8 Å². The van der Waals surface area contributed by atoms with E-state index in [4.69, 9.17) is 9.05 Å². The van der Waals surface area contributed by atoms with E-state index in [0.717, 1.165) is 39.9 Å². The molecule has 1 atom stereocenters. The molecule has 0 aliphatic carbocycles. The Morgan fingerprint density at radius 1 is 0.686 bits per heavy atom. The van der Waals surface area contributed by atoms with Crippen LogP contribution in [0.4, 0.5) is 8.78 Å². The predicted octanol–water partition coefficient (Wildman–Crippen LogP) is 8.45. The van der Waals surface area contributed by atoms with Crippen LogP contribution < -0.4 is 5.30 Å². The van der Waals surface area contributed by atoms with Gasteiger partial charge in [-0.05, 0) is 65.9 Å². The highest BCUT2D eigenvalue weighted by atomic mass is 31.2. The van der Waals surface area contributed by atoms with Crippen molar-refractivity contribution < 1.29 is 36.7 Å². The van der Waals surface area contributed by atoms with Gasteiger partial charge in [-0.1, -0.05) is 108 Å². The van der Waals surface area contributed by atoms with Crippen molar-refractivity contribution in [3.63, 3.8) is 0 Å². The molecule has 1 unspecified atom stereocenters. The first-order valence-electron chi connectivity index (χ1n) is 16.4. The maximum Gasteiger partial charge on any atom is 0.399 e. The van der Waals surface area contributed by atoms with E-state index in [1.807, 2.05) is 102 Å². The number of halogens is 2. The standard InChI is InChI=1S/C38H37F2N3O6P2/c1-3-48-50(44,49-4-2)34-14-10-11-31(25-34)30-21-17-28(18-22-30)26-37(32-12-6-5-7-13-32,43-36-16-9-8-15-35(36)41-42-43)27-29-19-23-33(24-20-29)38(39,40)51(45,46)47/h5-25H,3-4,26-27H2,1-2H3,(H2,45,46,47). The van der Waals surface area contributed by atoms with Crippen molar-refractivity contribution in [3.05, 3.63) is 150 Å². The summed E-state index contributed by atoms with van der Waals surface area (Å²) in [6.45, 7) is 4.02. The second-order valence-corrected chi connectivity index (χ2v) is 15.8. The zero-order chi connectivity index (χ0) is 36.3. The van der Waals surface area contributed by atoms with Gasteiger partial charge in [-0.25, -0.2) is 4.68 Å². The second kappa shape index (κ2) is 14.7. The fraction of sp³-hybridized carbons (Fsp3) is 0.211. The van der Waals surface area contributed by atoms with Crippen LogP contribution in [0.15, 0.2) is 127 Å². The highest BCUT2D eigenvalue weighted by Crippen LogP contribution is 2.59. The molecule has 5 aromatic carbocycles. The van der Waals surface area contributed by atoms with E-state index in [1.165, 1.54) is 12.1 Å². The SMILES string of the molecule is CCOP(=O)(OCC)c1cccc(-c2ccc(CC(Cc3ccc(C(F)(F)P(=O)(O)O)cc3)(c3ccccc3)n3nnc4ccccc43)cc2)c1. The van der Waals surface area contributed by atoms with Gasteiger partial charge in [0.25, 0.3) is 0 Å². The van der Waals surface area contributed by atoms with Gasteiger partial charge in [-0.2, -0.15) is 8.78 Å². The normalized spacial score (nSPS) is 13.7. The van der Waals surface area contributed by atoms with Gasteiger partial charge >= 0.3 is 20.9 Å². The summed E-state index contributed by atoms with van der Waals surface area (Å²) in [5.74, 6) is 0. The van der Waals surface area contributed by atoms with E-state index in [1.54, 1.807) is 19.9 Å². The largest absolute Gasteiger partial charge is 0.399 e. The molecule has 0 radical (unpaired) electrons. The minimum Gasteiger partial charge on any atom is -0.320 e. The number of benzene rings is 5. The van der Waals surface area contributed by atoms with Gasteiger partial charge in [0.2, 0.25) is 0 Å². The lowest BCUT2D eigenvalue weighted by atomic mass is 9.78. The lowest BCUT2D eigenvalue weighted by molar-refractivity contribution is 0.0564. The molecule has 0 fully saturated rings. The van der Waals surface area contributed by atoms with Crippen LogP contribution >= 0.6 is 15.2 Å². The molecular formula is C38H37F2N3O6P2. The van der Waals surface area contributed by atoms with Crippen LogP contribution in [0.5, 0.6) is 0 Å². The Labute approximate surface area is 294 Å². The van der Waals surface area contributed by atoms with Crippen LogP contribution in [-0.2, 0) is 42.2 Å². The van der Waals surface area contributed by atoms with Gasteiger partial charge in [0.05, 0.1) is 29.6 Å². The molecule has 6 aromatic rings. The first-order valence-corrected chi connectivity index (χ1v) is 19.5. The van der Waals surface area contributed by atoms with Gasteiger partial charge in [0.15, 0.2) is 0 Å². The highest BCUT2D eigenvalue weighted by molar-refractivity contribution is 7.62. The number of rotatable bonds is 14. The monoisotopic (exact) mass is 731 g/mol. The Hall–Kier alpha value is -4.34. The molecule has 0 saturated carbocycles. The summed E-state index contributed by atoms with van der Waals surface area (Å²) in [6, 6.07) is 37.6. The van der Waals surface area contributed by atoms with Crippen LogP contribution in [0.25, 0.3) is 22.2 Å². The molecule has 6 rings (SSSR count). The molecule has 1 aromatic heterocycles. The second-order valence-electron chi connectivity index (χ2n) is 12.1. The first kappa shape index (κ1) is 36.5. The Morgan fingerprint density at radius 3 is 1.88 bits per heavy atom. The minimum absolute atomic E-state index is 0.241. The van der Waals surface area contributed by atoms with Gasteiger partial charge in [0.1, 0.15) is 5.52 Å². The number of alkyl halides is 2. The average Bonchev–Trinajstić information content (AvgIpc) is 3.57. The Bertz CT molecular complexity index is 2200. The number of hydrogen-bond acceptors (Lipinski definition) is 6. The molecule has 51 heavy (non-hydrogen) atoms. The topological polar surface area (TPSA) is 124 Å². The summed E-state index contributed by atoms with van der Waals surface area (Å²) < 4.78 is 67.2. The summed E-state index contributed by atoms with van der Waals surface area (Å²) in [4.78, 5) is 18.6. The smallest absolute Gasteiger partial charge is 0.320 e. The Balaban J connectivity index is 1.43. The molecule has 0 saturated heterocycles. The van der Waals surface area contributed by atoms with Crippen molar-refractivity contribution in [2.45, 2.75) is 37.9 Å². The van der Waals surface area contributed by atoms with Crippen molar-refractivity contribution in [3.8, 4) is 11.1 Å². The zero-order valence-corrected chi connectivity index (χ0v) is 29.8. The fourth-order valence-corrected chi connectivity index (χ4v) is 8.44. The maximum atomic E-state index is 14.6. The summed E-state index contributed by atoms with van der Waals surface area (Å²) in [5, 5.41) is 9.58. The number of hydrogen-bond donors (Lipinski definition) is 2. The molecular weight excluding hydrogens is 694 g/mol. The third-order valence-corrected chi connectivity index (χ3v) is 11.9. The van der Waals surface area contributed by atoms with Crippen LogP contribution in [-0.4, -0.2) is 38.0 Å². The molecule has 0 aliphatic rings.